The van der Waals surface area contributed by atoms with Gasteiger partial charge < -0.3 is 10.6 Å². The molecule has 0 radical (unpaired) electrons. The van der Waals surface area contributed by atoms with Crippen LogP contribution in [-0.4, -0.2) is 48.2 Å². The maximum Gasteiger partial charge on any atom is 0.267 e. The van der Waals surface area contributed by atoms with E-state index in [0.717, 1.165) is 18.4 Å². The average Bonchev–Trinajstić information content (AvgIpc) is 2.97. The third-order valence-corrected chi connectivity index (χ3v) is 7.38. The molecule has 0 aliphatic carbocycles. The first-order valence-electron chi connectivity index (χ1n) is 11.3. The molecule has 0 saturated carbocycles. The molecule has 4 rings (SSSR count). The number of fused-ring (bicyclic) bond motifs is 1. The van der Waals surface area contributed by atoms with E-state index in [1.165, 1.54) is 21.1 Å². The summed E-state index contributed by atoms with van der Waals surface area (Å²) < 4.78 is 1.99. The highest BCUT2D eigenvalue weighted by Crippen LogP contribution is 2.34. The molecule has 9 heteroatoms. The first kappa shape index (κ1) is 24.6. The van der Waals surface area contributed by atoms with Crippen molar-refractivity contribution in [1.29, 1.82) is 0 Å². The van der Waals surface area contributed by atoms with Crippen molar-refractivity contribution in [2.45, 2.75) is 64.6 Å². The number of anilines is 1. The number of aromatic nitrogens is 2. The van der Waals surface area contributed by atoms with Crippen molar-refractivity contribution >= 4 is 51.7 Å². The Hall–Kier alpha value is -2.49. The third-order valence-electron chi connectivity index (χ3n) is 6.00. The molecule has 2 saturated heterocycles. The van der Waals surface area contributed by atoms with Crippen LogP contribution in [0, 0.1) is 6.92 Å². The Morgan fingerprint density at radius 2 is 1.94 bits per heavy atom. The number of piperidine rings is 1. The van der Waals surface area contributed by atoms with Crippen molar-refractivity contribution in [2.24, 2.45) is 0 Å². The number of pyridine rings is 1. The molecule has 2 N–H and O–H groups in total. The third kappa shape index (κ3) is 4.96. The second-order valence-corrected chi connectivity index (χ2v) is 12.0. The predicted molar refractivity (Wildman–Crippen MR) is 144 cm³/mol. The number of aryl methyl sites for hydroxylation is 1. The lowest BCUT2D eigenvalue weighted by Gasteiger charge is -2.46. The van der Waals surface area contributed by atoms with Gasteiger partial charge in [-0.25, -0.2) is 4.98 Å². The summed E-state index contributed by atoms with van der Waals surface area (Å²) in [4.78, 5) is 33.3. The fraction of sp³-hybridized carbons (Fsp3) is 0.440. The Morgan fingerprint density at radius 1 is 1.26 bits per heavy atom. The Morgan fingerprint density at radius 3 is 2.59 bits per heavy atom. The molecule has 2 aliphatic heterocycles. The van der Waals surface area contributed by atoms with Gasteiger partial charge in [0.2, 0.25) is 0 Å². The Balaban J connectivity index is 1.82. The van der Waals surface area contributed by atoms with E-state index >= 15 is 0 Å². The maximum atomic E-state index is 13.6. The van der Waals surface area contributed by atoms with Crippen LogP contribution in [0.5, 0.6) is 0 Å². The topological polar surface area (TPSA) is 78.7 Å². The van der Waals surface area contributed by atoms with Gasteiger partial charge in [0.25, 0.3) is 11.5 Å². The molecule has 0 aromatic carbocycles. The summed E-state index contributed by atoms with van der Waals surface area (Å²) in [6, 6.07) is 3.88. The molecule has 2 fully saturated rings. The molecule has 7 nitrogen and oxygen atoms in total. The summed E-state index contributed by atoms with van der Waals surface area (Å²) in [7, 11) is 0. The molecular weight excluding hydrogens is 466 g/mol. The number of rotatable bonds is 5. The normalized spacial score (nSPS) is 21.4. The zero-order chi connectivity index (χ0) is 24.8. The van der Waals surface area contributed by atoms with Crippen LogP contribution in [0.1, 0.15) is 51.7 Å². The molecule has 1 amide bonds. The molecule has 2 aromatic rings. The number of thiocarbonyl (C=S) groups is 1. The zero-order valence-corrected chi connectivity index (χ0v) is 21.9. The highest BCUT2D eigenvalue weighted by molar-refractivity contribution is 8.26. The van der Waals surface area contributed by atoms with Crippen LogP contribution in [0.4, 0.5) is 5.82 Å². The Labute approximate surface area is 209 Å². The average molecular weight is 498 g/mol. The summed E-state index contributed by atoms with van der Waals surface area (Å²) in [5, 5.41) is 7.23. The van der Waals surface area contributed by atoms with E-state index < -0.39 is 0 Å². The predicted octanol–water partition coefficient (Wildman–Crippen LogP) is 4.11. The van der Waals surface area contributed by atoms with Gasteiger partial charge in [0.1, 0.15) is 15.8 Å². The minimum absolute atomic E-state index is 0.0737. The second-order valence-electron chi connectivity index (χ2n) is 10.3. The van der Waals surface area contributed by atoms with Gasteiger partial charge in [0.15, 0.2) is 0 Å². The number of thioether (sulfide) groups is 1. The standard InChI is InChI=1S/C25H31N5O2S2/c1-7-10-29-22(32)18(34-23(29)33)11-17-20(26-16-12-24(3,4)28-25(5,6)13-16)27-19-9-8-15(2)14-30(19)21(17)31/h7-9,11,14,16,26,28H,1,10,12-13H2,2-6H3. The lowest BCUT2D eigenvalue weighted by Crippen LogP contribution is -2.60. The van der Waals surface area contributed by atoms with Crippen molar-refractivity contribution < 1.29 is 4.79 Å². The highest BCUT2D eigenvalue weighted by Gasteiger charge is 2.38. The molecule has 2 aliphatic rings. The Kier molecular flexibility index (Phi) is 6.48. The van der Waals surface area contributed by atoms with Crippen LogP contribution in [0.15, 0.2) is 40.7 Å². The van der Waals surface area contributed by atoms with E-state index in [4.69, 9.17) is 17.2 Å². The number of nitrogens with zero attached hydrogens (tertiary/aromatic N) is 3. The number of amides is 1. The van der Waals surface area contributed by atoms with Gasteiger partial charge >= 0.3 is 0 Å². The molecule has 0 bridgehead atoms. The van der Waals surface area contributed by atoms with E-state index in [1.807, 2.05) is 19.1 Å². The van der Waals surface area contributed by atoms with Crippen LogP contribution in [0.2, 0.25) is 0 Å². The number of carbonyl (C=O) groups excluding carboxylic acids is 1. The molecule has 0 spiro atoms. The number of hydrogen-bond acceptors (Lipinski definition) is 7. The smallest absolute Gasteiger partial charge is 0.267 e. The fourth-order valence-electron chi connectivity index (χ4n) is 5.03. The van der Waals surface area contributed by atoms with Crippen molar-refractivity contribution in [3.8, 4) is 0 Å². The first-order valence-corrected chi connectivity index (χ1v) is 12.6. The van der Waals surface area contributed by atoms with Gasteiger partial charge in [-0.3, -0.25) is 18.9 Å². The monoisotopic (exact) mass is 497 g/mol. The maximum absolute atomic E-state index is 13.6. The van der Waals surface area contributed by atoms with Gasteiger partial charge in [0.05, 0.1) is 10.5 Å². The molecule has 2 aromatic heterocycles. The van der Waals surface area contributed by atoms with Crippen LogP contribution >= 0.6 is 24.0 Å². The lowest BCUT2D eigenvalue weighted by atomic mass is 9.79. The van der Waals surface area contributed by atoms with E-state index in [9.17, 15) is 9.59 Å². The van der Waals surface area contributed by atoms with E-state index in [-0.39, 0.29) is 28.6 Å². The van der Waals surface area contributed by atoms with Crippen LogP contribution in [0.25, 0.3) is 11.7 Å². The largest absolute Gasteiger partial charge is 0.366 e. The van der Waals surface area contributed by atoms with E-state index in [2.05, 4.69) is 44.9 Å². The summed E-state index contributed by atoms with van der Waals surface area (Å²) in [5.74, 6) is 0.264. The fourth-order valence-corrected chi connectivity index (χ4v) is 6.29. The van der Waals surface area contributed by atoms with E-state index in [1.54, 1.807) is 18.3 Å². The van der Waals surface area contributed by atoms with Gasteiger partial charge in [-0.15, -0.1) is 6.58 Å². The summed E-state index contributed by atoms with van der Waals surface area (Å²) in [6.45, 7) is 14.7. The van der Waals surface area contributed by atoms with Gasteiger partial charge in [-0.05, 0) is 65.2 Å². The second kappa shape index (κ2) is 8.94. The summed E-state index contributed by atoms with van der Waals surface area (Å²) in [5.41, 5.74) is 1.49. The quantitative estimate of drug-likeness (QED) is 0.366. The lowest BCUT2D eigenvalue weighted by molar-refractivity contribution is -0.121. The van der Waals surface area contributed by atoms with Gasteiger partial charge in [0, 0.05) is 29.9 Å². The zero-order valence-electron chi connectivity index (χ0n) is 20.3. The number of carbonyl (C=O) groups is 1. The molecule has 0 unspecified atom stereocenters. The van der Waals surface area contributed by atoms with Crippen molar-refractivity contribution in [3.63, 3.8) is 0 Å². The van der Waals surface area contributed by atoms with Gasteiger partial charge in [-0.1, -0.05) is 36.1 Å². The minimum atomic E-state index is -0.224. The number of hydrogen-bond donors (Lipinski definition) is 2. The highest BCUT2D eigenvalue weighted by atomic mass is 32.2. The molecule has 0 atom stereocenters. The van der Waals surface area contributed by atoms with Gasteiger partial charge in [-0.2, -0.15) is 0 Å². The first-order chi connectivity index (χ1) is 15.9. The van der Waals surface area contributed by atoms with Crippen LogP contribution in [-0.2, 0) is 4.79 Å². The molecule has 34 heavy (non-hydrogen) atoms. The summed E-state index contributed by atoms with van der Waals surface area (Å²) >= 11 is 6.57. The minimum Gasteiger partial charge on any atom is -0.366 e. The Bertz CT molecular complexity index is 1260. The van der Waals surface area contributed by atoms with E-state index in [0.29, 0.717) is 32.8 Å². The van der Waals surface area contributed by atoms with Crippen molar-refractivity contribution in [2.75, 3.05) is 11.9 Å². The van der Waals surface area contributed by atoms with Crippen LogP contribution in [0.3, 0.4) is 0 Å². The number of nitrogens with one attached hydrogen (secondary N) is 2. The molecule has 180 valence electrons. The SMILES string of the molecule is C=CCN1C(=O)C(=Cc2c(NC3CC(C)(C)NC(C)(C)C3)nc3ccc(C)cn3c2=O)SC1=S. The van der Waals surface area contributed by atoms with Crippen molar-refractivity contribution in [3.05, 3.63) is 57.4 Å². The molecular formula is C25H31N5O2S2. The van der Waals surface area contributed by atoms with Crippen molar-refractivity contribution in [1.82, 2.24) is 19.6 Å². The molecule has 4 heterocycles. The summed E-state index contributed by atoms with van der Waals surface area (Å²) in [6.07, 6.45) is 6.77. The van der Waals surface area contributed by atoms with Crippen LogP contribution < -0.4 is 16.2 Å².